The van der Waals surface area contributed by atoms with Gasteiger partial charge >= 0.3 is 0 Å². The van der Waals surface area contributed by atoms with Crippen LogP contribution in [-0.4, -0.2) is 45.3 Å². The Morgan fingerprint density at radius 1 is 1.13 bits per heavy atom. The monoisotopic (exact) mass is 623 g/mol. The molecule has 6 N–H and O–H groups in total. The van der Waals surface area contributed by atoms with Gasteiger partial charge in [0, 0.05) is 17.7 Å². The van der Waals surface area contributed by atoms with Gasteiger partial charge in [0.25, 0.3) is 5.89 Å². The molecule has 236 valence electrons. The number of hydrogen-bond acceptors (Lipinski definition) is 11. The van der Waals surface area contributed by atoms with E-state index in [-0.39, 0.29) is 47.3 Å². The second kappa shape index (κ2) is 10.6. The van der Waals surface area contributed by atoms with Gasteiger partial charge in [-0.3, -0.25) is 9.59 Å². The highest BCUT2D eigenvalue weighted by atomic mass is 16.5. The number of aliphatic hydroxyl groups excluding tert-OH is 1. The van der Waals surface area contributed by atoms with Crippen LogP contribution in [0, 0.1) is 23.2 Å². The van der Waals surface area contributed by atoms with Crippen LogP contribution >= 0.6 is 0 Å². The first-order valence-electron chi connectivity index (χ1n) is 15.2. The fourth-order valence-corrected chi connectivity index (χ4v) is 6.52. The van der Waals surface area contributed by atoms with Crippen LogP contribution in [0.25, 0.3) is 11.6 Å². The Balaban J connectivity index is 1.49. The Hall–Kier alpha value is -5.35. The number of oxazole rings is 2. The summed E-state index contributed by atoms with van der Waals surface area (Å²) >= 11 is 0. The number of nitrogen functional groups attached to an aromatic ring is 1. The van der Waals surface area contributed by atoms with Crippen LogP contribution in [0.2, 0.25) is 0 Å². The number of carbonyl (C=O) groups excluding carboxylic acids is 2. The second-order valence-electron chi connectivity index (χ2n) is 12.6. The molecule has 1 unspecified atom stereocenters. The number of carbonyl (C=O) groups is 2. The van der Waals surface area contributed by atoms with Crippen molar-refractivity contribution in [3.8, 4) is 23.4 Å². The number of aliphatic hydroxyl groups is 1. The maximum atomic E-state index is 13.9. The van der Waals surface area contributed by atoms with Crippen LogP contribution < -0.4 is 26.4 Å². The Morgan fingerprint density at radius 3 is 2.63 bits per heavy atom. The fraction of sp³-hybridized carbons (Fsp3) is 0.364. The summed E-state index contributed by atoms with van der Waals surface area (Å²) in [5, 5.41) is 29.4. The number of benzene rings is 2. The molecule has 0 radical (unpaired) electrons. The lowest BCUT2D eigenvalue weighted by molar-refractivity contribution is -0.135. The first-order valence-corrected chi connectivity index (χ1v) is 15.2. The van der Waals surface area contributed by atoms with Crippen molar-refractivity contribution in [1.82, 2.24) is 20.6 Å². The standard InChI is InChI=1S/C33H33N7O6/c1-14(2)23-30-40-24(31-37-21(13-34)27(35)46-31)26(45-30)33-17-7-5-6-8-19(17)38-32(33)44-22-10-9-16(11-18(22)33)12-20(28(42)39-23)36-29(43)25(41)15(3)4/h5-11,14-15,20,23,25,32,38,41H,12,35H2,1-4H3,(H,36,43)(H,39,42)/t20-,23-,25-,32-,33?/m0/s1. The van der Waals surface area contributed by atoms with Crippen molar-refractivity contribution in [1.29, 1.82) is 5.26 Å². The lowest BCUT2D eigenvalue weighted by atomic mass is 9.72. The van der Waals surface area contributed by atoms with E-state index in [4.69, 9.17) is 24.3 Å². The van der Waals surface area contributed by atoms with Crippen LogP contribution in [0.3, 0.4) is 0 Å². The number of aromatic nitrogens is 2. The van der Waals surface area contributed by atoms with Crippen LogP contribution in [-0.2, 0) is 21.4 Å². The third kappa shape index (κ3) is 4.32. The molecule has 0 saturated heterocycles. The Labute approximate surface area is 264 Å². The van der Waals surface area contributed by atoms with Crippen LogP contribution in [0.15, 0.2) is 51.3 Å². The molecule has 5 heterocycles. The number of nitrogens with zero attached hydrogens (tertiary/aromatic N) is 3. The molecular weight excluding hydrogens is 590 g/mol. The van der Waals surface area contributed by atoms with Crippen molar-refractivity contribution in [2.45, 2.75) is 63.9 Å². The molecule has 4 bridgehead atoms. The van der Waals surface area contributed by atoms with E-state index in [0.717, 1.165) is 22.4 Å². The molecule has 4 aromatic rings. The summed E-state index contributed by atoms with van der Waals surface area (Å²) in [6.45, 7) is 7.26. The average Bonchev–Trinajstić information content (AvgIpc) is 3.77. The zero-order chi connectivity index (χ0) is 32.5. The van der Waals surface area contributed by atoms with E-state index >= 15 is 0 Å². The number of nitrogens with one attached hydrogen (secondary N) is 3. The third-order valence-electron chi connectivity index (χ3n) is 8.91. The highest BCUT2D eigenvalue weighted by Crippen LogP contribution is 2.59. The topological polar surface area (TPSA) is 202 Å². The van der Waals surface area contributed by atoms with E-state index in [1.807, 2.05) is 62.4 Å². The predicted molar refractivity (Wildman–Crippen MR) is 164 cm³/mol. The van der Waals surface area contributed by atoms with Gasteiger partial charge in [-0.25, -0.2) is 4.98 Å². The van der Waals surface area contributed by atoms with Crippen molar-refractivity contribution < 1.29 is 28.3 Å². The number of ether oxygens (including phenoxy) is 1. The third-order valence-corrected chi connectivity index (χ3v) is 8.91. The fourth-order valence-electron chi connectivity index (χ4n) is 6.52. The number of hydrogen-bond donors (Lipinski definition) is 5. The molecule has 7 rings (SSSR count). The molecular formula is C33H33N7O6. The lowest BCUT2D eigenvalue weighted by Gasteiger charge is -2.29. The van der Waals surface area contributed by atoms with E-state index in [2.05, 4.69) is 20.9 Å². The van der Waals surface area contributed by atoms with Crippen LogP contribution in [0.4, 0.5) is 11.6 Å². The van der Waals surface area contributed by atoms with Crippen molar-refractivity contribution in [3.63, 3.8) is 0 Å². The van der Waals surface area contributed by atoms with Gasteiger partial charge in [0.15, 0.2) is 17.7 Å². The van der Waals surface area contributed by atoms with E-state index in [0.29, 0.717) is 11.5 Å². The number of fused-ring (bicyclic) bond motifs is 4. The number of nitrogens with two attached hydrogens (primary N) is 1. The summed E-state index contributed by atoms with van der Waals surface area (Å²) in [6.07, 6.45) is -1.82. The maximum absolute atomic E-state index is 13.9. The summed E-state index contributed by atoms with van der Waals surface area (Å²) in [5.41, 5.74) is 8.17. The van der Waals surface area contributed by atoms with E-state index in [9.17, 15) is 20.0 Å². The summed E-state index contributed by atoms with van der Waals surface area (Å²) < 4.78 is 19.1. The molecule has 0 fully saturated rings. The number of amides is 2. The zero-order valence-corrected chi connectivity index (χ0v) is 25.6. The minimum atomic E-state index is -1.29. The quantitative estimate of drug-likeness (QED) is 0.219. The molecule has 0 aliphatic carbocycles. The largest absolute Gasteiger partial charge is 0.469 e. The van der Waals surface area contributed by atoms with Gasteiger partial charge in [0.05, 0.1) is 0 Å². The van der Waals surface area contributed by atoms with Gasteiger partial charge < -0.3 is 40.4 Å². The second-order valence-corrected chi connectivity index (χ2v) is 12.6. The Bertz CT molecular complexity index is 1920. The van der Waals surface area contributed by atoms with E-state index < -0.39 is 41.6 Å². The highest BCUT2D eigenvalue weighted by molar-refractivity contribution is 5.90. The molecule has 1 spiro atoms. The normalized spacial score (nSPS) is 23.3. The molecule has 2 aromatic heterocycles. The van der Waals surface area contributed by atoms with Gasteiger partial charge in [-0.15, -0.1) is 0 Å². The van der Waals surface area contributed by atoms with Crippen molar-refractivity contribution >= 4 is 23.4 Å². The van der Waals surface area contributed by atoms with E-state index in [1.165, 1.54) is 0 Å². The van der Waals surface area contributed by atoms with Gasteiger partial charge in [0.1, 0.15) is 35.4 Å². The van der Waals surface area contributed by atoms with Gasteiger partial charge in [-0.05, 0) is 35.1 Å². The number of rotatable bonds is 5. The van der Waals surface area contributed by atoms with Crippen molar-refractivity contribution in [3.05, 3.63) is 76.5 Å². The molecule has 13 nitrogen and oxygen atoms in total. The zero-order valence-electron chi connectivity index (χ0n) is 25.6. The molecule has 2 amide bonds. The highest BCUT2D eigenvalue weighted by Gasteiger charge is 2.61. The first-order chi connectivity index (χ1) is 22.0. The maximum Gasteiger partial charge on any atom is 0.252 e. The van der Waals surface area contributed by atoms with Gasteiger partial charge in [-0.2, -0.15) is 10.2 Å². The summed E-state index contributed by atoms with van der Waals surface area (Å²) in [6, 6.07) is 13.5. The number of anilines is 2. The molecule has 13 heteroatoms. The van der Waals surface area contributed by atoms with E-state index in [1.54, 1.807) is 13.8 Å². The molecule has 5 atom stereocenters. The molecule has 3 aliphatic rings. The Morgan fingerprint density at radius 2 is 1.91 bits per heavy atom. The SMILES string of the molecule is CC(C)[C@H](O)C(=O)N[C@H]1Cc2ccc3c(c2)C2(c4ccccc4N[C@H]2O3)c2oc(nc2-c2nc(C#N)c(N)o2)[C@H](C(C)C)NC1=O. The summed E-state index contributed by atoms with van der Waals surface area (Å²) in [4.78, 5) is 36.1. The predicted octanol–water partition coefficient (Wildman–Crippen LogP) is 3.13. The smallest absolute Gasteiger partial charge is 0.252 e. The van der Waals surface area contributed by atoms with Crippen molar-refractivity contribution in [2.24, 2.45) is 11.8 Å². The molecule has 3 aliphatic heterocycles. The number of para-hydroxylation sites is 1. The van der Waals surface area contributed by atoms with Crippen molar-refractivity contribution in [2.75, 3.05) is 11.1 Å². The Kier molecular flexibility index (Phi) is 6.79. The lowest BCUT2D eigenvalue weighted by Crippen LogP contribution is -2.52. The minimum absolute atomic E-state index is 0.0160. The van der Waals surface area contributed by atoms with Crippen LogP contribution in [0.1, 0.15) is 67.8 Å². The molecule has 46 heavy (non-hydrogen) atoms. The molecule has 2 aromatic carbocycles. The minimum Gasteiger partial charge on any atom is -0.469 e. The average molecular weight is 624 g/mol. The van der Waals surface area contributed by atoms with Gasteiger partial charge in [0.2, 0.25) is 29.3 Å². The number of nitriles is 1. The van der Waals surface area contributed by atoms with Crippen LogP contribution in [0.5, 0.6) is 5.75 Å². The first kappa shape index (κ1) is 29.4. The molecule has 0 saturated carbocycles. The summed E-state index contributed by atoms with van der Waals surface area (Å²) in [7, 11) is 0. The van der Waals surface area contributed by atoms with Gasteiger partial charge in [-0.1, -0.05) is 58.0 Å². The summed E-state index contributed by atoms with van der Waals surface area (Å²) in [5.74, 6) is -0.774.